The van der Waals surface area contributed by atoms with Crippen LogP contribution < -0.4 is 15.0 Å². The Morgan fingerprint density at radius 1 is 1.08 bits per heavy atom. The van der Waals surface area contributed by atoms with Crippen molar-refractivity contribution in [3.05, 3.63) is 75.5 Å². The Bertz CT molecular complexity index is 2000. The molecular weight excluding hydrogens is 650 g/mol. The van der Waals surface area contributed by atoms with E-state index in [2.05, 4.69) is 42.2 Å². The van der Waals surface area contributed by atoms with Crippen molar-refractivity contribution in [2.75, 3.05) is 43.0 Å². The standard InChI is InChI=1S/C35H34FN7O3S2/c1-22-24-10-7-19-43(32(24)41-40-31(22)39-34-37-26-11-2-3-12-28(26)47-34)35-38-30(33(44)45)29(48-35)13-8-20-46-27-15-14-23(21-25(27)36)9-6-18-42-16-4-5-17-42/h2-3,11-12,14-15,21H,4-5,7-8,10,13,16-20H2,1H3,(H,44,45)(H,37,39,40). The number of nitrogens with one attached hydrogen (secondary N) is 1. The van der Waals surface area contributed by atoms with Gasteiger partial charge in [0.05, 0.1) is 23.4 Å². The van der Waals surface area contributed by atoms with E-state index in [1.807, 2.05) is 36.1 Å². The molecular formula is C35H34FN7O3S2. The second-order valence-corrected chi connectivity index (χ2v) is 13.9. The minimum Gasteiger partial charge on any atom is -0.491 e. The first-order valence-electron chi connectivity index (χ1n) is 16.1. The number of halogens is 1. The number of thiazole rings is 2. The van der Waals surface area contributed by atoms with Gasteiger partial charge in [-0.25, -0.2) is 19.2 Å². The van der Waals surface area contributed by atoms with Crippen LogP contribution in [0.5, 0.6) is 5.75 Å². The highest BCUT2D eigenvalue weighted by atomic mass is 32.1. The highest BCUT2D eigenvalue weighted by molar-refractivity contribution is 7.22. The number of anilines is 4. The number of aromatic nitrogens is 4. The van der Waals surface area contributed by atoms with Crippen molar-refractivity contribution in [3.63, 3.8) is 0 Å². The Labute approximate surface area is 285 Å². The number of likely N-dealkylation sites (tertiary alicyclic amines) is 1. The maximum atomic E-state index is 14.7. The smallest absolute Gasteiger partial charge is 0.355 e. The maximum Gasteiger partial charge on any atom is 0.355 e. The number of aryl methyl sites for hydroxylation is 1. The van der Waals surface area contributed by atoms with Crippen LogP contribution in [0.25, 0.3) is 10.2 Å². The zero-order chi connectivity index (χ0) is 33.0. The highest BCUT2D eigenvalue weighted by Gasteiger charge is 2.28. The van der Waals surface area contributed by atoms with Crippen LogP contribution in [-0.4, -0.2) is 68.9 Å². The monoisotopic (exact) mass is 683 g/mol. The first-order chi connectivity index (χ1) is 23.4. The number of carbonyl (C=O) groups is 1. The number of carboxylic acid groups (broad SMARTS) is 1. The molecule has 7 rings (SSSR count). The SMILES string of the molecule is Cc1c(Nc2nc3ccccc3s2)nnc2c1CCCN2c1nc(C(=O)O)c(CCCOc2ccc(C#CCN3CCCC3)cc2F)s1. The summed E-state index contributed by atoms with van der Waals surface area (Å²) in [5.74, 6) is 6.10. The van der Waals surface area contributed by atoms with Crippen LogP contribution >= 0.6 is 22.7 Å². The first-order valence-corrected chi connectivity index (χ1v) is 17.7. The molecule has 5 heterocycles. The number of para-hydroxylation sites is 1. The summed E-state index contributed by atoms with van der Waals surface area (Å²) >= 11 is 2.89. The summed E-state index contributed by atoms with van der Waals surface area (Å²) in [7, 11) is 0. The lowest BCUT2D eigenvalue weighted by Crippen LogP contribution is -2.27. The largest absolute Gasteiger partial charge is 0.491 e. The van der Waals surface area contributed by atoms with E-state index in [4.69, 9.17) is 4.74 Å². The molecule has 0 saturated carbocycles. The number of rotatable bonds is 10. The molecule has 1 fully saturated rings. The van der Waals surface area contributed by atoms with Crippen molar-refractivity contribution in [1.29, 1.82) is 0 Å². The molecule has 0 amide bonds. The van der Waals surface area contributed by atoms with Crippen LogP contribution in [0.4, 0.5) is 26.3 Å². The highest BCUT2D eigenvalue weighted by Crippen LogP contribution is 2.39. The average molecular weight is 684 g/mol. The van der Waals surface area contributed by atoms with Gasteiger partial charge >= 0.3 is 5.97 Å². The average Bonchev–Trinajstić information content (AvgIpc) is 3.85. The van der Waals surface area contributed by atoms with Crippen molar-refractivity contribution >= 4 is 60.8 Å². The zero-order valence-corrected chi connectivity index (χ0v) is 28.1. The summed E-state index contributed by atoms with van der Waals surface area (Å²) in [5.41, 5.74) is 3.58. The van der Waals surface area contributed by atoms with Gasteiger partial charge in [0.15, 0.2) is 39.2 Å². The van der Waals surface area contributed by atoms with E-state index in [1.165, 1.54) is 30.2 Å². The molecule has 0 aliphatic carbocycles. The molecule has 2 aliphatic heterocycles. The van der Waals surface area contributed by atoms with Crippen molar-refractivity contribution < 1.29 is 19.0 Å². The molecule has 13 heteroatoms. The number of hydrogen-bond donors (Lipinski definition) is 2. The number of carboxylic acids is 1. The number of fused-ring (bicyclic) bond motifs is 2. The quantitative estimate of drug-likeness (QED) is 0.118. The molecule has 3 aromatic heterocycles. The molecule has 0 atom stereocenters. The summed E-state index contributed by atoms with van der Waals surface area (Å²) in [5, 5.41) is 23.7. The summed E-state index contributed by atoms with van der Waals surface area (Å²) < 4.78 is 21.5. The zero-order valence-electron chi connectivity index (χ0n) is 26.5. The van der Waals surface area contributed by atoms with Gasteiger partial charge in [0.1, 0.15) is 0 Å². The Morgan fingerprint density at radius 2 is 1.94 bits per heavy atom. The third-order valence-corrected chi connectivity index (χ3v) is 10.6. The van der Waals surface area contributed by atoms with E-state index in [9.17, 15) is 14.3 Å². The third-order valence-electron chi connectivity index (χ3n) is 8.50. The second kappa shape index (κ2) is 14.2. The molecule has 2 N–H and O–H groups in total. The van der Waals surface area contributed by atoms with Gasteiger partial charge in [0.25, 0.3) is 0 Å². The minimum atomic E-state index is -1.09. The molecule has 48 heavy (non-hydrogen) atoms. The Kier molecular flexibility index (Phi) is 9.47. The van der Waals surface area contributed by atoms with Crippen LogP contribution in [0.3, 0.4) is 0 Å². The van der Waals surface area contributed by atoms with Gasteiger partial charge in [0.2, 0.25) is 0 Å². The summed E-state index contributed by atoms with van der Waals surface area (Å²) in [6.07, 6.45) is 5.02. The maximum absolute atomic E-state index is 14.7. The van der Waals surface area contributed by atoms with Crippen LogP contribution in [-0.2, 0) is 12.8 Å². The summed E-state index contributed by atoms with van der Waals surface area (Å²) in [4.78, 5) is 26.2. The van der Waals surface area contributed by atoms with E-state index in [1.54, 1.807) is 23.5 Å². The summed E-state index contributed by atoms with van der Waals surface area (Å²) in [6.45, 7) is 5.72. The lowest BCUT2D eigenvalue weighted by molar-refractivity contribution is 0.0690. The van der Waals surface area contributed by atoms with Gasteiger partial charge in [-0.15, -0.1) is 21.5 Å². The molecule has 10 nitrogen and oxygen atoms in total. The predicted molar refractivity (Wildman–Crippen MR) is 187 cm³/mol. The Balaban J connectivity index is 1.00. The van der Waals surface area contributed by atoms with E-state index in [0.29, 0.717) is 53.1 Å². The van der Waals surface area contributed by atoms with Crippen molar-refractivity contribution in [2.24, 2.45) is 0 Å². The van der Waals surface area contributed by atoms with Crippen LogP contribution in [0.2, 0.25) is 0 Å². The molecule has 246 valence electrons. The molecule has 0 bridgehead atoms. The van der Waals surface area contributed by atoms with E-state index < -0.39 is 11.8 Å². The van der Waals surface area contributed by atoms with E-state index in [0.717, 1.165) is 52.4 Å². The van der Waals surface area contributed by atoms with Gasteiger partial charge in [-0.05, 0) is 88.9 Å². The second-order valence-electron chi connectivity index (χ2n) is 11.8. The van der Waals surface area contributed by atoms with E-state index >= 15 is 0 Å². The fraction of sp³-hybridized carbons (Fsp3) is 0.343. The van der Waals surface area contributed by atoms with Crippen molar-refractivity contribution in [2.45, 2.75) is 45.4 Å². The molecule has 5 aromatic rings. The van der Waals surface area contributed by atoms with Gasteiger partial charge in [-0.2, -0.15) is 0 Å². The summed E-state index contributed by atoms with van der Waals surface area (Å²) in [6, 6.07) is 12.7. The molecule has 2 aromatic carbocycles. The number of ether oxygens (including phenoxy) is 1. The number of aromatic carboxylic acids is 1. The van der Waals surface area contributed by atoms with Gasteiger partial charge in [-0.3, -0.25) is 4.90 Å². The fourth-order valence-corrected chi connectivity index (χ4v) is 7.99. The van der Waals surface area contributed by atoms with Gasteiger partial charge in [0, 0.05) is 28.1 Å². The van der Waals surface area contributed by atoms with Crippen LogP contribution in [0.15, 0.2) is 42.5 Å². The van der Waals surface area contributed by atoms with Crippen molar-refractivity contribution in [1.82, 2.24) is 25.1 Å². The van der Waals surface area contributed by atoms with Crippen molar-refractivity contribution in [3.8, 4) is 17.6 Å². The number of nitrogens with zero attached hydrogens (tertiary/aromatic N) is 6. The minimum absolute atomic E-state index is 0.0176. The van der Waals surface area contributed by atoms with Crippen LogP contribution in [0.1, 0.15) is 57.7 Å². The molecule has 2 aliphatic rings. The van der Waals surface area contributed by atoms with Gasteiger partial charge in [-0.1, -0.05) is 35.3 Å². The topological polar surface area (TPSA) is 117 Å². The molecule has 0 radical (unpaired) electrons. The lowest BCUT2D eigenvalue weighted by atomic mass is 10.0. The molecule has 0 unspecified atom stereocenters. The van der Waals surface area contributed by atoms with Gasteiger partial charge < -0.3 is 20.1 Å². The first kappa shape index (κ1) is 31.9. The predicted octanol–water partition coefficient (Wildman–Crippen LogP) is 6.98. The van der Waals surface area contributed by atoms with E-state index in [-0.39, 0.29) is 18.1 Å². The Hall–Kier alpha value is -4.64. The normalized spacial score (nSPS) is 14.5. The lowest BCUT2D eigenvalue weighted by Gasteiger charge is -2.28. The molecule has 1 saturated heterocycles. The van der Waals surface area contributed by atoms with Crippen LogP contribution in [0, 0.1) is 24.6 Å². The third kappa shape index (κ3) is 6.96. The Morgan fingerprint density at radius 3 is 2.75 bits per heavy atom. The molecule has 0 spiro atoms. The number of benzene rings is 2. The number of hydrogen-bond acceptors (Lipinski definition) is 11. The fourth-order valence-electron chi connectivity index (χ4n) is 6.01.